The van der Waals surface area contributed by atoms with Crippen LogP contribution in [-0.4, -0.2) is 29.3 Å². The first-order chi connectivity index (χ1) is 6.72. The minimum absolute atomic E-state index is 0.282. The van der Waals surface area contributed by atoms with E-state index in [2.05, 4.69) is 4.98 Å². The lowest BCUT2D eigenvalue weighted by Gasteiger charge is -1.97. The van der Waals surface area contributed by atoms with Crippen LogP contribution in [0.1, 0.15) is 0 Å². The summed E-state index contributed by atoms with van der Waals surface area (Å²) in [5.74, 6) is 0.701. The van der Waals surface area contributed by atoms with Gasteiger partial charge in [0.15, 0.2) is 0 Å². The predicted octanol–water partition coefficient (Wildman–Crippen LogP) is -0.0153. The highest BCUT2D eigenvalue weighted by molar-refractivity contribution is 7.27. The van der Waals surface area contributed by atoms with Gasteiger partial charge in [-0.2, -0.15) is 0 Å². The van der Waals surface area contributed by atoms with E-state index in [-0.39, 0.29) is 4.91 Å². The summed E-state index contributed by atoms with van der Waals surface area (Å²) in [5, 5.41) is 17.9. The molecule has 0 spiro atoms. The van der Waals surface area contributed by atoms with Gasteiger partial charge in [-0.1, -0.05) is 6.07 Å². The lowest BCUT2D eigenvalue weighted by atomic mass is 9.94. The van der Waals surface area contributed by atoms with E-state index in [0.29, 0.717) is 5.75 Å². The topological polar surface area (TPSA) is 62.6 Å². The fraction of sp³-hybridized carbons (Fsp3) is 0.125. The van der Waals surface area contributed by atoms with Crippen LogP contribution in [0.3, 0.4) is 0 Å². The summed E-state index contributed by atoms with van der Waals surface area (Å²) in [7, 11) is 0.0564. The van der Waals surface area contributed by atoms with Gasteiger partial charge in [0.1, 0.15) is 10.7 Å². The first-order valence-corrected chi connectivity index (χ1v) is 4.83. The van der Waals surface area contributed by atoms with Gasteiger partial charge in [-0.25, -0.2) is 4.98 Å². The molecule has 2 rings (SSSR count). The summed E-state index contributed by atoms with van der Waals surface area (Å²) in [5.41, 5.74) is 0.720. The molecule has 1 aromatic heterocycles. The quantitative estimate of drug-likeness (QED) is 0.682. The molecule has 0 unspecified atom stereocenters. The maximum absolute atomic E-state index is 8.95. The molecule has 72 valence electrons. The van der Waals surface area contributed by atoms with Crippen molar-refractivity contribution in [2.24, 2.45) is 0 Å². The normalized spacial score (nSPS) is 10.5. The van der Waals surface area contributed by atoms with E-state index in [0.717, 1.165) is 10.2 Å². The van der Waals surface area contributed by atoms with Crippen molar-refractivity contribution in [3.8, 4) is 5.75 Å². The van der Waals surface area contributed by atoms with Crippen LogP contribution in [0.5, 0.6) is 5.75 Å². The number of methoxy groups -OCH3 is 1. The Bertz CT molecular complexity index is 457. The van der Waals surface area contributed by atoms with Gasteiger partial charge in [0.25, 0.3) is 0 Å². The molecule has 0 saturated carbocycles. The van der Waals surface area contributed by atoms with Crippen LogP contribution in [-0.2, 0) is 0 Å². The van der Waals surface area contributed by atoms with Gasteiger partial charge < -0.3 is 14.8 Å². The standard InChI is InChI=1S/C8H8BNO3S/c1-13-6-4-2-3-5-7(6)14-8(10-5)9(11)12/h2-4,11-12H,1H3. The fourth-order valence-corrected chi connectivity index (χ4v) is 2.14. The monoisotopic (exact) mass is 209 g/mol. The first kappa shape index (κ1) is 9.45. The van der Waals surface area contributed by atoms with Crippen LogP contribution in [0, 0.1) is 0 Å². The van der Waals surface area contributed by atoms with Crippen molar-refractivity contribution in [1.82, 2.24) is 4.98 Å². The molecule has 4 nitrogen and oxygen atoms in total. The number of aromatic nitrogens is 1. The zero-order valence-corrected chi connectivity index (χ0v) is 8.28. The molecular weight excluding hydrogens is 201 g/mol. The van der Waals surface area contributed by atoms with E-state index in [9.17, 15) is 0 Å². The van der Waals surface area contributed by atoms with Gasteiger partial charge >= 0.3 is 7.12 Å². The summed E-state index contributed by atoms with van der Waals surface area (Å²) in [6.07, 6.45) is 0. The highest BCUT2D eigenvalue weighted by atomic mass is 32.1. The average molecular weight is 209 g/mol. The Morgan fingerprint density at radius 2 is 2.21 bits per heavy atom. The summed E-state index contributed by atoms with van der Waals surface area (Å²) in [4.78, 5) is 4.34. The van der Waals surface area contributed by atoms with Gasteiger partial charge in [-0.3, -0.25) is 0 Å². The van der Waals surface area contributed by atoms with Crippen LogP contribution in [0.4, 0.5) is 0 Å². The number of nitrogens with zero attached hydrogens (tertiary/aromatic N) is 1. The molecule has 14 heavy (non-hydrogen) atoms. The minimum Gasteiger partial charge on any atom is -0.495 e. The Labute approximate surface area is 84.9 Å². The molecule has 0 radical (unpaired) electrons. The Hall–Kier alpha value is -1.11. The Morgan fingerprint density at radius 1 is 1.43 bits per heavy atom. The lowest BCUT2D eigenvalue weighted by Crippen LogP contribution is -2.28. The Balaban J connectivity index is 2.64. The third-order valence-electron chi connectivity index (χ3n) is 1.84. The number of thiazole rings is 1. The molecule has 0 aliphatic rings. The summed E-state index contributed by atoms with van der Waals surface area (Å²) < 4.78 is 5.96. The number of fused-ring (bicyclic) bond motifs is 1. The lowest BCUT2D eigenvalue weighted by molar-refractivity contribution is 0.420. The van der Waals surface area contributed by atoms with Gasteiger partial charge in [0, 0.05) is 0 Å². The van der Waals surface area contributed by atoms with Crippen molar-refractivity contribution >= 4 is 33.6 Å². The fourth-order valence-electron chi connectivity index (χ4n) is 1.21. The molecule has 0 fully saturated rings. The van der Waals surface area contributed by atoms with Gasteiger partial charge in [-0.15, -0.1) is 11.3 Å². The number of benzene rings is 1. The molecule has 0 aliphatic heterocycles. The SMILES string of the molecule is COc1cccc2nc(B(O)O)sc12. The zero-order chi connectivity index (χ0) is 10.1. The second kappa shape index (κ2) is 3.57. The largest absolute Gasteiger partial charge is 0.519 e. The van der Waals surface area contributed by atoms with Gasteiger partial charge in [-0.05, 0) is 12.1 Å². The molecule has 2 aromatic rings. The third kappa shape index (κ3) is 1.47. The average Bonchev–Trinajstić information content (AvgIpc) is 2.60. The number of hydrogen-bond acceptors (Lipinski definition) is 5. The van der Waals surface area contributed by atoms with Crippen molar-refractivity contribution in [2.45, 2.75) is 0 Å². The summed E-state index contributed by atoms with van der Waals surface area (Å²) >= 11 is 1.22. The van der Waals surface area contributed by atoms with E-state index in [1.54, 1.807) is 13.2 Å². The first-order valence-electron chi connectivity index (χ1n) is 4.02. The third-order valence-corrected chi connectivity index (χ3v) is 2.96. The number of hydrogen-bond donors (Lipinski definition) is 2. The maximum Gasteiger partial charge on any atom is 0.519 e. The molecule has 1 heterocycles. The Morgan fingerprint density at radius 3 is 2.86 bits per heavy atom. The molecule has 0 bridgehead atoms. The Kier molecular flexibility index (Phi) is 2.41. The van der Waals surface area contributed by atoms with Crippen molar-refractivity contribution in [3.63, 3.8) is 0 Å². The zero-order valence-electron chi connectivity index (χ0n) is 7.47. The van der Waals surface area contributed by atoms with Crippen LogP contribution in [0.2, 0.25) is 0 Å². The van der Waals surface area contributed by atoms with Gasteiger partial charge in [0.2, 0.25) is 0 Å². The van der Waals surface area contributed by atoms with Crippen molar-refractivity contribution in [2.75, 3.05) is 7.11 Å². The highest BCUT2D eigenvalue weighted by Crippen LogP contribution is 2.27. The van der Waals surface area contributed by atoms with Crippen LogP contribution >= 0.6 is 11.3 Å². The van der Waals surface area contributed by atoms with E-state index in [4.69, 9.17) is 14.8 Å². The van der Waals surface area contributed by atoms with Crippen LogP contribution < -0.4 is 9.64 Å². The minimum atomic E-state index is -1.52. The maximum atomic E-state index is 8.95. The second-order valence-electron chi connectivity index (χ2n) is 2.73. The van der Waals surface area contributed by atoms with Crippen molar-refractivity contribution in [1.29, 1.82) is 0 Å². The number of ether oxygens (including phenoxy) is 1. The van der Waals surface area contributed by atoms with Crippen molar-refractivity contribution in [3.05, 3.63) is 18.2 Å². The smallest absolute Gasteiger partial charge is 0.495 e. The van der Waals surface area contributed by atoms with E-state index in [1.807, 2.05) is 12.1 Å². The molecule has 1 aromatic carbocycles. The van der Waals surface area contributed by atoms with Gasteiger partial charge in [0.05, 0.1) is 17.3 Å². The van der Waals surface area contributed by atoms with Crippen LogP contribution in [0.15, 0.2) is 18.2 Å². The number of rotatable bonds is 2. The molecule has 2 N–H and O–H groups in total. The van der Waals surface area contributed by atoms with E-state index in [1.165, 1.54) is 11.3 Å². The van der Waals surface area contributed by atoms with Crippen molar-refractivity contribution < 1.29 is 14.8 Å². The molecule has 6 heteroatoms. The molecule has 0 amide bonds. The molecular formula is C8H8BNO3S. The predicted molar refractivity (Wildman–Crippen MR) is 56.0 cm³/mol. The summed E-state index contributed by atoms with van der Waals surface area (Å²) in [6.45, 7) is 0. The molecule has 0 saturated heterocycles. The second-order valence-corrected chi connectivity index (χ2v) is 3.76. The van der Waals surface area contributed by atoms with E-state index < -0.39 is 7.12 Å². The molecule has 0 aliphatic carbocycles. The van der Waals surface area contributed by atoms with Crippen LogP contribution in [0.25, 0.3) is 10.2 Å². The highest BCUT2D eigenvalue weighted by Gasteiger charge is 2.18. The summed E-state index contributed by atoms with van der Waals surface area (Å²) in [6, 6.07) is 5.43. The molecule has 0 atom stereocenters. The van der Waals surface area contributed by atoms with E-state index >= 15 is 0 Å².